The molecular formula is C18H23ClN4O. The van der Waals surface area contributed by atoms with Crippen molar-refractivity contribution in [3.05, 3.63) is 46.2 Å². The zero-order valence-corrected chi connectivity index (χ0v) is 15.0. The molecule has 1 spiro atoms. The van der Waals surface area contributed by atoms with Gasteiger partial charge in [0, 0.05) is 37.4 Å². The predicted molar refractivity (Wildman–Crippen MR) is 92.9 cm³/mol. The van der Waals surface area contributed by atoms with Crippen LogP contribution in [0.4, 0.5) is 0 Å². The van der Waals surface area contributed by atoms with E-state index in [1.54, 1.807) is 4.68 Å². The van der Waals surface area contributed by atoms with Gasteiger partial charge in [-0.05, 0) is 49.4 Å². The Hall–Kier alpha value is -1.43. The number of benzene rings is 1. The fraction of sp³-hybridized carbons (Fsp3) is 0.556. The molecular weight excluding hydrogens is 324 g/mol. The van der Waals surface area contributed by atoms with E-state index in [-0.39, 0.29) is 5.60 Å². The smallest absolute Gasteiger partial charge is 0.0967 e. The number of aromatic nitrogens is 3. The lowest BCUT2D eigenvalue weighted by molar-refractivity contribution is -0.113. The van der Waals surface area contributed by atoms with Crippen molar-refractivity contribution in [3.8, 4) is 0 Å². The Kier molecular flexibility index (Phi) is 4.11. The molecule has 4 rings (SSSR count). The standard InChI is InChI=1S/C18H23ClN4O/c1-13-10-18(6-7-23(13)12-16-11-22(2)21-20-16)17-9-15(19)4-3-14(17)5-8-24-18/h3-4,9,11,13H,5-8,10,12H2,1-2H3/t13-,18+/m0/s1. The van der Waals surface area contributed by atoms with Crippen molar-refractivity contribution in [1.82, 2.24) is 19.9 Å². The van der Waals surface area contributed by atoms with Crippen LogP contribution in [-0.4, -0.2) is 39.1 Å². The fourth-order valence-corrected chi connectivity index (χ4v) is 4.34. The van der Waals surface area contributed by atoms with Gasteiger partial charge in [-0.3, -0.25) is 9.58 Å². The molecule has 24 heavy (non-hydrogen) atoms. The van der Waals surface area contributed by atoms with Gasteiger partial charge in [-0.25, -0.2) is 0 Å². The maximum atomic E-state index is 6.34. The average Bonchev–Trinajstić information content (AvgIpc) is 2.96. The number of rotatable bonds is 2. The van der Waals surface area contributed by atoms with Crippen molar-refractivity contribution in [2.24, 2.45) is 7.05 Å². The molecule has 2 aliphatic rings. The highest BCUT2D eigenvalue weighted by Gasteiger charge is 2.43. The number of fused-ring (bicyclic) bond motifs is 2. The predicted octanol–water partition coefficient (Wildman–Crippen LogP) is 2.92. The van der Waals surface area contributed by atoms with E-state index in [1.165, 1.54) is 11.1 Å². The monoisotopic (exact) mass is 346 g/mol. The lowest BCUT2D eigenvalue weighted by atomic mass is 9.77. The molecule has 0 saturated carbocycles. The highest BCUT2D eigenvalue weighted by atomic mass is 35.5. The molecule has 1 aromatic heterocycles. The summed E-state index contributed by atoms with van der Waals surface area (Å²) in [5.74, 6) is 0. The molecule has 5 nitrogen and oxygen atoms in total. The average molecular weight is 347 g/mol. The minimum atomic E-state index is -0.184. The molecule has 6 heteroatoms. The summed E-state index contributed by atoms with van der Waals surface area (Å²) >= 11 is 6.27. The number of aryl methyl sites for hydroxylation is 1. The molecule has 3 heterocycles. The van der Waals surface area contributed by atoms with Gasteiger partial charge < -0.3 is 4.74 Å². The summed E-state index contributed by atoms with van der Waals surface area (Å²) < 4.78 is 8.10. The molecule has 0 radical (unpaired) electrons. The number of piperidine rings is 1. The van der Waals surface area contributed by atoms with Crippen LogP contribution < -0.4 is 0 Å². The molecule has 2 atom stereocenters. The molecule has 2 aliphatic heterocycles. The number of halogens is 1. The summed E-state index contributed by atoms with van der Waals surface area (Å²) in [6, 6.07) is 6.69. The lowest BCUT2D eigenvalue weighted by Gasteiger charge is -2.48. The topological polar surface area (TPSA) is 43.2 Å². The van der Waals surface area contributed by atoms with Gasteiger partial charge in [-0.2, -0.15) is 0 Å². The van der Waals surface area contributed by atoms with E-state index in [9.17, 15) is 0 Å². The van der Waals surface area contributed by atoms with Crippen LogP contribution >= 0.6 is 11.6 Å². The highest BCUT2D eigenvalue weighted by Crippen LogP contribution is 2.44. The van der Waals surface area contributed by atoms with E-state index in [4.69, 9.17) is 16.3 Å². The molecule has 0 aliphatic carbocycles. The zero-order valence-electron chi connectivity index (χ0n) is 14.2. The third-order valence-electron chi connectivity index (χ3n) is 5.38. The molecule has 1 fully saturated rings. The zero-order chi connectivity index (χ0) is 16.7. The van der Waals surface area contributed by atoms with Crippen LogP contribution in [0.1, 0.15) is 36.6 Å². The van der Waals surface area contributed by atoms with Crippen molar-refractivity contribution in [2.75, 3.05) is 13.2 Å². The largest absolute Gasteiger partial charge is 0.370 e. The van der Waals surface area contributed by atoms with Crippen LogP contribution in [0.15, 0.2) is 24.4 Å². The van der Waals surface area contributed by atoms with Crippen molar-refractivity contribution < 1.29 is 4.74 Å². The molecule has 1 aromatic carbocycles. The Bertz CT molecular complexity index is 746. The van der Waals surface area contributed by atoms with Gasteiger partial charge in [0.1, 0.15) is 0 Å². The summed E-state index contributed by atoms with van der Waals surface area (Å²) in [7, 11) is 1.90. The van der Waals surface area contributed by atoms with Crippen LogP contribution in [0.3, 0.4) is 0 Å². The Morgan fingerprint density at radius 2 is 2.29 bits per heavy atom. The van der Waals surface area contributed by atoms with E-state index >= 15 is 0 Å². The number of nitrogens with zero attached hydrogens (tertiary/aromatic N) is 4. The Labute approximate surface area is 147 Å². The van der Waals surface area contributed by atoms with Crippen LogP contribution in [0.2, 0.25) is 5.02 Å². The van der Waals surface area contributed by atoms with E-state index < -0.39 is 0 Å². The number of hydrogen-bond acceptors (Lipinski definition) is 4. The Morgan fingerprint density at radius 3 is 3.04 bits per heavy atom. The van der Waals surface area contributed by atoms with Gasteiger partial charge in [0.2, 0.25) is 0 Å². The Morgan fingerprint density at radius 1 is 1.42 bits per heavy atom. The van der Waals surface area contributed by atoms with Gasteiger partial charge in [-0.1, -0.05) is 22.9 Å². The first-order valence-electron chi connectivity index (χ1n) is 8.58. The second kappa shape index (κ2) is 6.14. The third-order valence-corrected chi connectivity index (χ3v) is 5.61. The first-order chi connectivity index (χ1) is 11.6. The molecule has 2 aromatic rings. The van der Waals surface area contributed by atoms with E-state index in [1.807, 2.05) is 19.3 Å². The summed E-state index contributed by atoms with van der Waals surface area (Å²) in [6.07, 6.45) is 4.95. The lowest BCUT2D eigenvalue weighted by Crippen LogP contribution is -2.50. The van der Waals surface area contributed by atoms with Crippen molar-refractivity contribution in [3.63, 3.8) is 0 Å². The van der Waals surface area contributed by atoms with Gasteiger partial charge in [0.05, 0.1) is 17.9 Å². The number of likely N-dealkylation sites (tertiary alicyclic amines) is 1. The highest BCUT2D eigenvalue weighted by molar-refractivity contribution is 6.30. The number of ether oxygens (including phenoxy) is 1. The maximum absolute atomic E-state index is 6.34. The van der Waals surface area contributed by atoms with E-state index in [0.717, 1.165) is 49.7 Å². The molecule has 0 unspecified atom stereocenters. The minimum Gasteiger partial charge on any atom is -0.370 e. The first-order valence-corrected chi connectivity index (χ1v) is 8.96. The summed E-state index contributed by atoms with van der Waals surface area (Å²) in [5.41, 5.74) is 3.53. The maximum Gasteiger partial charge on any atom is 0.0967 e. The molecule has 1 saturated heterocycles. The summed E-state index contributed by atoms with van der Waals surface area (Å²) in [5, 5.41) is 9.05. The SMILES string of the molecule is C[C@H]1C[C@@]2(CCN1Cc1cn(C)nn1)OCCc1ccc(Cl)cc12. The van der Waals surface area contributed by atoms with E-state index in [0.29, 0.717) is 6.04 Å². The summed E-state index contributed by atoms with van der Waals surface area (Å²) in [6.45, 7) is 4.90. The van der Waals surface area contributed by atoms with Crippen molar-refractivity contribution in [1.29, 1.82) is 0 Å². The molecule has 0 bridgehead atoms. The quantitative estimate of drug-likeness (QED) is 0.838. The van der Waals surface area contributed by atoms with Gasteiger partial charge >= 0.3 is 0 Å². The first kappa shape index (κ1) is 16.1. The summed E-state index contributed by atoms with van der Waals surface area (Å²) in [4.78, 5) is 2.47. The second-order valence-corrected chi connectivity index (χ2v) is 7.49. The van der Waals surface area contributed by atoms with Gasteiger partial charge in [0.25, 0.3) is 0 Å². The van der Waals surface area contributed by atoms with Crippen LogP contribution in [0.25, 0.3) is 0 Å². The third kappa shape index (κ3) is 2.85. The van der Waals surface area contributed by atoms with Gasteiger partial charge in [0.15, 0.2) is 0 Å². The molecule has 0 amide bonds. The molecule has 0 N–H and O–H groups in total. The van der Waals surface area contributed by atoms with Crippen LogP contribution in [-0.2, 0) is 30.4 Å². The molecule has 128 valence electrons. The second-order valence-electron chi connectivity index (χ2n) is 7.05. The normalized spacial score (nSPS) is 27.4. The van der Waals surface area contributed by atoms with Crippen LogP contribution in [0, 0.1) is 0 Å². The van der Waals surface area contributed by atoms with Gasteiger partial charge in [-0.15, -0.1) is 5.10 Å². The fourth-order valence-electron chi connectivity index (χ4n) is 4.16. The van der Waals surface area contributed by atoms with Crippen LogP contribution in [0.5, 0.6) is 0 Å². The van der Waals surface area contributed by atoms with Crippen molar-refractivity contribution in [2.45, 2.75) is 44.4 Å². The van der Waals surface area contributed by atoms with E-state index in [2.05, 4.69) is 34.3 Å². The van der Waals surface area contributed by atoms with Crippen molar-refractivity contribution >= 4 is 11.6 Å². The number of hydrogen-bond donors (Lipinski definition) is 0. The Balaban J connectivity index is 1.55. The minimum absolute atomic E-state index is 0.184.